The third-order valence-corrected chi connectivity index (χ3v) is 5.58. The van der Waals surface area contributed by atoms with Crippen LogP contribution in [0.5, 0.6) is 0 Å². The molecule has 0 aromatic heterocycles. The maximum Gasteiger partial charge on any atom is 0.309 e. The second kappa shape index (κ2) is 7.19. The number of hydrogen-bond donors (Lipinski definition) is 0. The van der Waals surface area contributed by atoms with Crippen molar-refractivity contribution in [3.05, 3.63) is 35.6 Å². The highest BCUT2D eigenvalue weighted by Gasteiger charge is 2.31. The molecule has 1 fully saturated rings. The van der Waals surface area contributed by atoms with Crippen molar-refractivity contribution in [3.63, 3.8) is 0 Å². The maximum absolute atomic E-state index is 12.9. The Morgan fingerprint density at radius 3 is 2.41 bits per heavy atom. The zero-order valence-electron chi connectivity index (χ0n) is 12.5. The van der Waals surface area contributed by atoms with Gasteiger partial charge in [0.2, 0.25) is 10.0 Å². The van der Waals surface area contributed by atoms with Crippen LogP contribution in [0, 0.1) is 11.7 Å². The van der Waals surface area contributed by atoms with Gasteiger partial charge in [-0.05, 0) is 37.5 Å². The van der Waals surface area contributed by atoms with Crippen LogP contribution in [0.15, 0.2) is 24.3 Å². The Balaban J connectivity index is 1.94. The van der Waals surface area contributed by atoms with E-state index < -0.39 is 15.8 Å². The predicted octanol–water partition coefficient (Wildman–Crippen LogP) is 1.93. The fourth-order valence-electron chi connectivity index (χ4n) is 2.51. The van der Waals surface area contributed by atoms with E-state index in [2.05, 4.69) is 0 Å². The molecule has 0 bridgehead atoms. The summed E-state index contributed by atoms with van der Waals surface area (Å²) < 4.78 is 43.9. The molecule has 0 N–H and O–H groups in total. The third-order valence-electron chi connectivity index (χ3n) is 3.73. The summed E-state index contributed by atoms with van der Waals surface area (Å²) in [5.41, 5.74) is 0.550. The van der Waals surface area contributed by atoms with Crippen LogP contribution in [0.1, 0.15) is 25.3 Å². The molecule has 2 rings (SSSR count). The Kier molecular flexibility index (Phi) is 5.52. The predicted molar refractivity (Wildman–Crippen MR) is 80.0 cm³/mol. The number of benzene rings is 1. The van der Waals surface area contributed by atoms with Gasteiger partial charge < -0.3 is 4.74 Å². The molecule has 0 aliphatic carbocycles. The Labute approximate surface area is 130 Å². The first-order valence-corrected chi connectivity index (χ1v) is 8.92. The molecule has 5 nitrogen and oxygen atoms in total. The van der Waals surface area contributed by atoms with Gasteiger partial charge in [0.1, 0.15) is 5.82 Å². The van der Waals surface area contributed by atoms with Crippen molar-refractivity contribution in [3.8, 4) is 0 Å². The number of esters is 1. The lowest BCUT2D eigenvalue weighted by Crippen LogP contribution is -2.41. The number of halogens is 1. The minimum atomic E-state index is -3.45. The third kappa shape index (κ3) is 4.27. The van der Waals surface area contributed by atoms with Gasteiger partial charge in [0.15, 0.2) is 0 Å². The standard InChI is InChI=1S/C15H20FNO4S/c1-2-21-15(18)13-7-9-17(10-8-13)22(19,20)11-12-3-5-14(16)6-4-12/h3-6,13H,2,7-11H2,1H3. The van der Waals surface area contributed by atoms with Gasteiger partial charge in [-0.3, -0.25) is 4.79 Å². The highest BCUT2D eigenvalue weighted by Crippen LogP contribution is 2.22. The molecule has 0 unspecified atom stereocenters. The Morgan fingerprint density at radius 2 is 1.86 bits per heavy atom. The van der Waals surface area contributed by atoms with Gasteiger partial charge in [0.05, 0.1) is 18.3 Å². The summed E-state index contributed by atoms with van der Waals surface area (Å²) in [5, 5.41) is 0. The molecule has 0 amide bonds. The molecule has 1 aliphatic rings. The van der Waals surface area contributed by atoms with Gasteiger partial charge in [-0.25, -0.2) is 17.1 Å². The van der Waals surface area contributed by atoms with E-state index in [4.69, 9.17) is 4.74 Å². The highest BCUT2D eigenvalue weighted by molar-refractivity contribution is 7.88. The summed E-state index contributed by atoms with van der Waals surface area (Å²) in [4.78, 5) is 11.7. The molecule has 0 saturated carbocycles. The first-order valence-electron chi connectivity index (χ1n) is 7.31. The van der Waals surface area contributed by atoms with Gasteiger partial charge in [-0.2, -0.15) is 0 Å². The van der Waals surface area contributed by atoms with Crippen molar-refractivity contribution >= 4 is 16.0 Å². The van der Waals surface area contributed by atoms with E-state index in [-0.39, 0.29) is 17.6 Å². The minimum Gasteiger partial charge on any atom is -0.466 e. The lowest BCUT2D eigenvalue weighted by atomic mass is 9.98. The lowest BCUT2D eigenvalue weighted by Gasteiger charge is -2.30. The molecule has 7 heteroatoms. The molecule has 0 spiro atoms. The van der Waals surface area contributed by atoms with Gasteiger partial charge in [-0.15, -0.1) is 0 Å². The molecule has 0 radical (unpaired) electrons. The summed E-state index contributed by atoms with van der Waals surface area (Å²) in [6.45, 7) is 2.71. The monoisotopic (exact) mass is 329 g/mol. The van der Waals surface area contributed by atoms with Crippen LogP contribution in [0.2, 0.25) is 0 Å². The summed E-state index contributed by atoms with van der Waals surface area (Å²) >= 11 is 0. The first kappa shape index (κ1) is 16.9. The summed E-state index contributed by atoms with van der Waals surface area (Å²) in [7, 11) is -3.45. The molecule has 0 atom stereocenters. The molecular formula is C15H20FNO4S. The SMILES string of the molecule is CCOC(=O)C1CCN(S(=O)(=O)Cc2ccc(F)cc2)CC1. The van der Waals surface area contributed by atoms with Crippen LogP contribution in [-0.4, -0.2) is 38.4 Å². The average Bonchev–Trinajstić information content (AvgIpc) is 2.50. The summed E-state index contributed by atoms with van der Waals surface area (Å²) in [6.07, 6.45) is 0.947. The Morgan fingerprint density at radius 1 is 1.27 bits per heavy atom. The second-order valence-electron chi connectivity index (χ2n) is 5.31. The smallest absolute Gasteiger partial charge is 0.309 e. The van der Waals surface area contributed by atoms with Crippen LogP contribution in [0.4, 0.5) is 4.39 Å². The number of rotatable bonds is 5. The van der Waals surface area contributed by atoms with Gasteiger partial charge in [-0.1, -0.05) is 12.1 Å². The Hall–Kier alpha value is -1.47. The first-order chi connectivity index (χ1) is 10.4. The van der Waals surface area contributed by atoms with Crippen molar-refractivity contribution in [2.75, 3.05) is 19.7 Å². The number of ether oxygens (including phenoxy) is 1. The van der Waals surface area contributed by atoms with E-state index in [1.165, 1.54) is 28.6 Å². The number of hydrogen-bond acceptors (Lipinski definition) is 4. The van der Waals surface area contributed by atoms with E-state index in [1.807, 2.05) is 0 Å². The molecule has 22 heavy (non-hydrogen) atoms. The topological polar surface area (TPSA) is 63.7 Å². The fourth-order valence-corrected chi connectivity index (χ4v) is 4.08. The van der Waals surface area contributed by atoms with Gasteiger partial charge in [0.25, 0.3) is 0 Å². The zero-order valence-corrected chi connectivity index (χ0v) is 13.3. The normalized spacial score (nSPS) is 17.4. The number of piperidine rings is 1. The van der Waals surface area contributed by atoms with Crippen LogP contribution < -0.4 is 0 Å². The van der Waals surface area contributed by atoms with Gasteiger partial charge in [0, 0.05) is 13.1 Å². The minimum absolute atomic E-state index is 0.155. The largest absolute Gasteiger partial charge is 0.466 e. The second-order valence-corrected chi connectivity index (χ2v) is 7.28. The molecule has 122 valence electrons. The van der Waals surface area contributed by atoms with Crippen molar-refractivity contribution in [1.29, 1.82) is 0 Å². The number of nitrogens with zero attached hydrogens (tertiary/aromatic N) is 1. The van der Waals surface area contributed by atoms with Crippen molar-refractivity contribution in [1.82, 2.24) is 4.31 Å². The quantitative estimate of drug-likeness (QED) is 0.774. The van der Waals surface area contributed by atoms with E-state index in [0.717, 1.165) is 0 Å². The molecule has 1 saturated heterocycles. The lowest BCUT2D eigenvalue weighted by molar-refractivity contribution is -0.149. The van der Waals surface area contributed by atoms with Crippen molar-refractivity contribution in [2.24, 2.45) is 5.92 Å². The molecule has 1 aromatic carbocycles. The van der Waals surface area contributed by atoms with E-state index >= 15 is 0 Å². The van der Waals surface area contributed by atoms with E-state index in [0.29, 0.717) is 38.1 Å². The van der Waals surface area contributed by atoms with Gasteiger partial charge >= 0.3 is 5.97 Å². The molecular weight excluding hydrogens is 309 g/mol. The highest BCUT2D eigenvalue weighted by atomic mass is 32.2. The number of carbonyl (C=O) groups excluding carboxylic acids is 1. The van der Waals surface area contributed by atoms with Crippen LogP contribution in [0.25, 0.3) is 0 Å². The van der Waals surface area contributed by atoms with Crippen molar-refractivity contribution in [2.45, 2.75) is 25.5 Å². The van der Waals surface area contributed by atoms with Crippen molar-refractivity contribution < 1.29 is 22.3 Å². The molecule has 1 aliphatic heterocycles. The van der Waals surface area contributed by atoms with Crippen LogP contribution in [-0.2, 0) is 25.3 Å². The fraction of sp³-hybridized carbons (Fsp3) is 0.533. The average molecular weight is 329 g/mol. The van der Waals surface area contributed by atoms with E-state index in [1.54, 1.807) is 6.92 Å². The summed E-state index contributed by atoms with van der Waals surface area (Å²) in [6, 6.07) is 5.44. The Bertz CT molecular complexity index is 607. The maximum atomic E-state index is 12.9. The van der Waals surface area contributed by atoms with E-state index in [9.17, 15) is 17.6 Å². The van der Waals surface area contributed by atoms with Crippen LogP contribution in [0.3, 0.4) is 0 Å². The van der Waals surface area contributed by atoms with Crippen LogP contribution >= 0.6 is 0 Å². The number of carbonyl (C=O) groups is 1. The molecule has 1 aromatic rings. The summed E-state index contributed by atoms with van der Waals surface area (Å²) in [5.74, 6) is -1.02. The number of sulfonamides is 1. The zero-order chi connectivity index (χ0) is 16.2. The molecule has 1 heterocycles.